The molecule has 0 heterocycles. The predicted molar refractivity (Wildman–Crippen MR) is 233 cm³/mol. The second-order valence-corrected chi connectivity index (χ2v) is 16.4. The van der Waals surface area contributed by atoms with Crippen LogP contribution in [0.4, 0.5) is 0 Å². The van der Waals surface area contributed by atoms with Gasteiger partial charge in [0, 0.05) is 38.8 Å². The SMILES string of the molecule is CCCCCCCCCCCC(=O)NCCCC[C@H](NC(=O)CCCCCCCCC(=O)N[C@@H](CCCCNC(=O)CCCCCCCCCCC)C(=O)O)C(=O)O. The first-order valence-corrected chi connectivity index (χ1v) is 23.7. The summed E-state index contributed by atoms with van der Waals surface area (Å²) in [4.78, 5) is 72.3. The lowest BCUT2D eigenvalue weighted by Crippen LogP contribution is -2.40. The summed E-state index contributed by atoms with van der Waals surface area (Å²) in [7, 11) is 0. The van der Waals surface area contributed by atoms with Crippen LogP contribution in [0.25, 0.3) is 0 Å². The van der Waals surface area contributed by atoms with Crippen molar-refractivity contribution in [1.29, 1.82) is 0 Å². The summed E-state index contributed by atoms with van der Waals surface area (Å²) < 4.78 is 0. The van der Waals surface area contributed by atoms with Gasteiger partial charge in [-0.25, -0.2) is 9.59 Å². The van der Waals surface area contributed by atoms with E-state index in [9.17, 15) is 39.0 Å². The van der Waals surface area contributed by atoms with Gasteiger partial charge in [0.25, 0.3) is 0 Å². The average molecular weight is 823 g/mol. The van der Waals surface area contributed by atoms with Gasteiger partial charge < -0.3 is 31.5 Å². The van der Waals surface area contributed by atoms with Gasteiger partial charge in [-0.05, 0) is 64.2 Å². The van der Waals surface area contributed by atoms with Crippen molar-refractivity contribution >= 4 is 35.6 Å². The normalized spacial score (nSPS) is 12.1. The summed E-state index contributed by atoms with van der Waals surface area (Å²) in [5.41, 5.74) is 0. The first-order valence-electron chi connectivity index (χ1n) is 23.7. The van der Waals surface area contributed by atoms with E-state index in [1.807, 2.05) is 0 Å². The number of unbranched alkanes of at least 4 members (excludes halogenated alkanes) is 23. The minimum Gasteiger partial charge on any atom is -0.480 e. The maximum absolute atomic E-state index is 12.4. The topological polar surface area (TPSA) is 191 Å². The summed E-state index contributed by atoms with van der Waals surface area (Å²) in [6.07, 6.45) is 31.1. The van der Waals surface area contributed by atoms with Crippen molar-refractivity contribution in [3.8, 4) is 0 Å². The number of carbonyl (C=O) groups excluding carboxylic acids is 4. The fourth-order valence-electron chi connectivity index (χ4n) is 7.10. The van der Waals surface area contributed by atoms with Gasteiger partial charge in [0.05, 0.1) is 0 Å². The number of aliphatic carboxylic acids is 2. The summed E-state index contributed by atoms with van der Waals surface area (Å²) in [5.74, 6) is -2.58. The van der Waals surface area contributed by atoms with Gasteiger partial charge in [-0.2, -0.15) is 0 Å². The molecule has 0 spiro atoms. The molecule has 6 N–H and O–H groups in total. The number of carbonyl (C=O) groups is 6. The van der Waals surface area contributed by atoms with Gasteiger partial charge in [0.1, 0.15) is 12.1 Å². The van der Waals surface area contributed by atoms with Crippen LogP contribution in [0.2, 0.25) is 0 Å². The Hall–Kier alpha value is -3.18. The fraction of sp³-hybridized carbons (Fsp3) is 0.870. The molecule has 0 rings (SSSR count). The smallest absolute Gasteiger partial charge is 0.326 e. The van der Waals surface area contributed by atoms with Crippen molar-refractivity contribution < 1.29 is 39.0 Å². The monoisotopic (exact) mass is 823 g/mol. The van der Waals surface area contributed by atoms with Crippen molar-refractivity contribution in [3.05, 3.63) is 0 Å². The molecule has 338 valence electrons. The molecule has 58 heavy (non-hydrogen) atoms. The van der Waals surface area contributed by atoms with E-state index in [-0.39, 0.29) is 36.5 Å². The number of hydrogen-bond donors (Lipinski definition) is 6. The van der Waals surface area contributed by atoms with Crippen LogP contribution < -0.4 is 21.3 Å². The van der Waals surface area contributed by atoms with E-state index >= 15 is 0 Å². The van der Waals surface area contributed by atoms with E-state index in [4.69, 9.17) is 0 Å². The van der Waals surface area contributed by atoms with Crippen molar-refractivity contribution in [1.82, 2.24) is 21.3 Å². The number of carboxylic acid groups (broad SMARTS) is 2. The van der Waals surface area contributed by atoms with Gasteiger partial charge in [-0.3, -0.25) is 19.2 Å². The summed E-state index contributed by atoms with van der Waals surface area (Å²) in [6.45, 7) is 5.45. The standard InChI is InChI=1S/C46H86N4O8/c1-3-5-7-9-11-13-15-19-23-33-41(51)47-37-29-27-31-39(45(55)56)49-43(53)35-25-21-17-18-22-26-36-44(54)50-40(46(57)58)32-28-30-38-48-42(52)34-24-20-16-14-12-10-8-6-4-2/h39-40H,3-38H2,1-2H3,(H,47,51)(H,48,52)(H,49,53)(H,50,54)(H,55,56)(H,57,58)/t39-,40-/m0/s1. The highest BCUT2D eigenvalue weighted by molar-refractivity contribution is 5.84. The van der Waals surface area contributed by atoms with E-state index in [0.29, 0.717) is 77.3 Å². The maximum atomic E-state index is 12.4. The number of nitrogens with one attached hydrogen (secondary N) is 4. The van der Waals surface area contributed by atoms with Crippen molar-refractivity contribution in [2.75, 3.05) is 13.1 Å². The van der Waals surface area contributed by atoms with E-state index in [1.54, 1.807) is 0 Å². The lowest BCUT2D eigenvalue weighted by molar-refractivity contribution is -0.142. The molecule has 0 radical (unpaired) electrons. The molecule has 0 unspecified atom stereocenters. The highest BCUT2D eigenvalue weighted by atomic mass is 16.4. The van der Waals surface area contributed by atoms with Gasteiger partial charge >= 0.3 is 11.9 Å². The molecule has 0 aromatic rings. The number of hydrogen-bond acceptors (Lipinski definition) is 6. The molecule has 12 nitrogen and oxygen atoms in total. The maximum Gasteiger partial charge on any atom is 0.326 e. The third-order valence-corrected chi connectivity index (χ3v) is 10.8. The number of rotatable bonds is 43. The molecule has 0 aromatic heterocycles. The zero-order valence-electron chi connectivity index (χ0n) is 37.0. The van der Waals surface area contributed by atoms with E-state index in [2.05, 4.69) is 35.1 Å². The van der Waals surface area contributed by atoms with Crippen LogP contribution in [0.5, 0.6) is 0 Å². The Morgan fingerprint density at radius 1 is 0.345 bits per heavy atom. The van der Waals surface area contributed by atoms with Crippen molar-refractivity contribution in [3.63, 3.8) is 0 Å². The molecular formula is C46H86N4O8. The molecule has 0 aliphatic heterocycles. The van der Waals surface area contributed by atoms with Crippen LogP contribution in [0.15, 0.2) is 0 Å². The van der Waals surface area contributed by atoms with Crippen LogP contribution in [0.3, 0.4) is 0 Å². The van der Waals surface area contributed by atoms with Crippen molar-refractivity contribution in [2.45, 2.75) is 244 Å². The Bertz CT molecular complexity index is 990. The predicted octanol–water partition coefficient (Wildman–Crippen LogP) is 9.66. The van der Waals surface area contributed by atoms with E-state index < -0.39 is 24.0 Å². The zero-order chi connectivity index (χ0) is 42.9. The van der Waals surface area contributed by atoms with Gasteiger partial charge in [0.15, 0.2) is 0 Å². The molecule has 2 atom stereocenters. The summed E-state index contributed by atoms with van der Waals surface area (Å²) >= 11 is 0. The molecular weight excluding hydrogens is 737 g/mol. The molecule has 0 fully saturated rings. The zero-order valence-corrected chi connectivity index (χ0v) is 37.0. The first kappa shape index (κ1) is 54.8. The third-order valence-electron chi connectivity index (χ3n) is 10.8. The lowest BCUT2D eigenvalue weighted by Gasteiger charge is -2.15. The molecule has 0 saturated heterocycles. The Labute approximate surface area is 352 Å². The molecule has 0 aliphatic carbocycles. The second kappa shape index (κ2) is 40.6. The summed E-state index contributed by atoms with van der Waals surface area (Å²) in [6, 6.07) is -1.88. The van der Waals surface area contributed by atoms with Crippen LogP contribution in [-0.4, -0.2) is 71.0 Å². The molecule has 0 aliphatic rings. The Kier molecular flexibility index (Phi) is 38.4. The van der Waals surface area contributed by atoms with Gasteiger partial charge in [-0.1, -0.05) is 142 Å². The highest BCUT2D eigenvalue weighted by Gasteiger charge is 2.20. The lowest BCUT2D eigenvalue weighted by atomic mass is 10.1. The van der Waals surface area contributed by atoms with Gasteiger partial charge in [0.2, 0.25) is 23.6 Å². The summed E-state index contributed by atoms with van der Waals surface area (Å²) in [5, 5.41) is 30.2. The van der Waals surface area contributed by atoms with Crippen LogP contribution in [0, 0.1) is 0 Å². The molecule has 12 heteroatoms. The van der Waals surface area contributed by atoms with E-state index in [0.717, 1.165) is 51.4 Å². The van der Waals surface area contributed by atoms with Gasteiger partial charge in [-0.15, -0.1) is 0 Å². The number of amides is 4. The largest absolute Gasteiger partial charge is 0.480 e. The minimum atomic E-state index is -1.05. The number of carboxylic acids is 2. The van der Waals surface area contributed by atoms with Crippen LogP contribution in [0.1, 0.15) is 232 Å². The molecule has 0 aromatic carbocycles. The second-order valence-electron chi connectivity index (χ2n) is 16.4. The molecule has 4 amide bonds. The highest BCUT2D eigenvalue weighted by Crippen LogP contribution is 2.13. The fourth-order valence-corrected chi connectivity index (χ4v) is 7.10. The van der Waals surface area contributed by atoms with E-state index in [1.165, 1.54) is 89.9 Å². The Morgan fingerprint density at radius 2 is 0.603 bits per heavy atom. The Balaban J connectivity index is 3.88. The minimum absolute atomic E-state index is 0.0430. The third kappa shape index (κ3) is 37.1. The molecule has 0 bridgehead atoms. The van der Waals surface area contributed by atoms with Crippen LogP contribution >= 0.6 is 0 Å². The Morgan fingerprint density at radius 3 is 0.879 bits per heavy atom. The molecule has 0 saturated carbocycles. The first-order chi connectivity index (χ1) is 28.1. The van der Waals surface area contributed by atoms with Crippen LogP contribution in [-0.2, 0) is 28.8 Å². The quantitative estimate of drug-likeness (QED) is 0.0328. The average Bonchev–Trinajstić information content (AvgIpc) is 3.19. The van der Waals surface area contributed by atoms with Crippen molar-refractivity contribution in [2.24, 2.45) is 0 Å².